The van der Waals surface area contributed by atoms with Crippen LogP contribution in [0.2, 0.25) is 0 Å². The minimum Gasteiger partial charge on any atom is -0.256 e. The van der Waals surface area contributed by atoms with E-state index in [2.05, 4.69) is 168 Å². The van der Waals surface area contributed by atoms with Crippen molar-refractivity contribution in [3.05, 3.63) is 170 Å². The summed E-state index contributed by atoms with van der Waals surface area (Å²) >= 11 is 0. The van der Waals surface area contributed by atoms with E-state index in [0.717, 1.165) is 21.8 Å². The summed E-state index contributed by atoms with van der Waals surface area (Å²) in [5.74, 6) is 0. The third-order valence-electron chi connectivity index (χ3n) is 9.16. The number of benzene rings is 7. The summed E-state index contributed by atoms with van der Waals surface area (Å²) in [5.41, 5.74) is 11.6. The number of hydrogen-bond donors (Lipinski definition) is 0. The molecule has 0 saturated carbocycles. The molecule has 0 atom stereocenters. The molecule has 0 N–H and O–H groups in total. The molecule has 46 heavy (non-hydrogen) atoms. The van der Waals surface area contributed by atoms with Crippen LogP contribution in [0.5, 0.6) is 0 Å². The summed E-state index contributed by atoms with van der Waals surface area (Å²) in [6.45, 7) is 0. The Labute approximate surface area is 267 Å². The normalized spacial score (nSPS) is 11.5. The van der Waals surface area contributed by atoms with Gasteiger partial charge in [0.25, 0.3) is 0 Å². The van der Waals surface area contributed by atoms with Gasteiger partial charge in [0.1, 0.15) is 0 Å². The van der Waals surface area contributed by atoms with Gasteiger partial charge in [-0.2, -0.15) is 0 Å². The zero-order valence-corrected chi connectivity index (χ0v) is 25.1. The maximum absolute atomic E-state index is 4.65. The summed E-state index contributed by atoms with van der Waals surface area (Å²) in [7, 11) is 0. The molecule has 2 heterocycles. The van der Waals surface area contributed by atoms with E-state index < -0.39 is 0 Å². The molecule has 2 nitrogen and oxygen atoms in total. The number of fused-ring (bicyclic) bond motifs is 4. The highest BCUT2D eigenvalue weighted by Gasteiger charge is 2.19. The standard InChI is InChI=1S/C44H28N2/c1-3-11-29(12-4-1)43-37-21-19-31(33-23-25-45-41-17-9-7-15-35(33)41)27-39(37)44(30-13-5-2-6-14-30)40-28-32(20-22-38(40)43)34-24-26-46-42-18-10-8-16-36(34)42/h1-28H. The van der Waals surface area contributed by atoms with Gasteiger partial charge in [-0.25, -0.2) is 0 Å². The molecule has 9 aromatic rings. The fraction of sp³-hybridized carbons (Fsp3) is 0. The second kappa shape index (κ2) is 10.8. The highest BCUT2D eigenvalue weighted by Crippen LogP contribution is 2.46. The van der Waals surface area contributed by atoms with Crippen molar-refractivity contribution in [1.82, 2.24) is 9.97 Å². The van der Waals surface area contributed by atoms with E-state index in [9.17, 15) is 0 Å². The molecule has 0 unspecified atom stereocenters. The molecule has 0 aliphatic rings. The number of para-hydroxylation sites is 2. The third-order valence-corrected chi connectivity index (χ3v) is 9.16. The molecule has 0 aliphatic carbocycles. The first-order valence-electron chi connectivity index (χ1n) is 15.7. The first kappa shape index (κ1) is 26.3. The van der Waals surface area contributed by atoms with Crippen LogP contribution in [0.3, 0.4) is 0 Å². The minimum atomic E-state index is 1.00. The topological polar surface area (TPSA) is 25.8 Å². The average molecular weight is 585 g/mol. The van der Waals surface area contributed by atoms with Crippen LogP contribution in [0, 0.1) is 0 Å². The minimum absolute atomic E-state index is 1.00. The third kappa shape index (κ3) is 4.27. The van der Waals surface area contributed by atoms with E-state index >= 15 is 0 Å². The van der Waals surface area contributed by atoms with Crippen molar-refractivity contribution >= 4 is 43.4 Å². The molecule has 0 spiro atoms. The number of hydrogen-bond acceptors (Lipinski definition) is 2. The Morgan fingerprint density at radius 3 is 1.17 bits per heavy atom. The molecule has 0 saturated heterocycles. The van der Waals surface area contributed by atoms with Crippen LogP contribution >= 0.6 is 0 Å². The summed E-state index contributed by atoms with van der Waals surface area (Å²) < 4.78 is 0. The highest BCUT2D eigenvalue weighted by atomic mass is 14.6. The summed E-state index contributed by atoms with van der Waals surface area (Å²) in [6, 6.07) is 56.7. The van der Waals surface area contributed by atoms with Crippen molar-refractivity contribution in [2.75, 3.05) is 0 Å². The van der Waals surface area contributed by atoms with Crippen molar-refractivity contribution in [2.45, 2.75) is 0 Å². The van der Waals surface area contributed by atoms with E-state index in [0.29, 0.717) is 0 Å². The molecule has 0 bridgehead atoms. The SMILES string of the molecule is c1ccc(-c2c3ccc(-c4ccnc5ccccc45)cc3c(-c3ccccc3)c3cc(-c4ccnc5ccccc45)ccc23)cc1. The molecule has 7 aromatic carbocycles. The second-order valence-electron chi connectivity index (χ2n) is 11.8. The van der Waals surface area contributed by atoms with Gasteiger partial charge >= 0.3 is 0 Å². The van der Waals surface area contributed by atoms with Gasteiger partial charge in [-0.05, 0) is 102 Å². The van der Waals surface area contributed by atoms with E-state index in [-0.39, 0.29) is 0 Å². The number of rotatable bonds is 4. The smallest absolute Gasteiger partial charge is 0.0708 e. The van der Waals surface area contributed by atoms with Crippen molar-refractivity contribution in [1.29, 1.82) is 0 Å². The van der Waals surface area contributed by atoms with Gasteiger partial charge in [-0.15, -0.1) is 0 Å². The lowest BCUT2D eigenvalue weighted by Gasteiger charge is -2.20. The molecule has 0 aliphatic heterocycles. The number of aromatic nitrogens is 2. The van der Waals surface area contributed by atoms with E-state index in [1.54, 1.807) is 0 Å². The van der Waals surface area contributed by atoms with Gasteiger partial charge in [0, 0.05) is 23.2 Å². The zero-order chi connectivity index (χ0) is 30.5. The highest BCUT2D eigenvalue weighted by molar-refractivity contribution is 6.23. The Hall–Kier alpha value is -6.12. The van der Waals surface area contributed by atoms with Gasteiger partial charge in [-0.3, -0.25) is 9.97 Å². The molecular weight excluding hydrogens is 556 g/mol. The Balaban J connectivity index is 1.43. The largest absolute Gasteiger partial charge is 0.256 e. The molecule has 2 heteroatoms. The molecule has 0 amide bonds. The predicted octanol–water partition coefficient (Wildman–Crippen LogP) is 11.8. The van der Waals surface area contributed by atoms with Gasteiger partial charge in [0.15, 0.2) is 0 Å². The van der Waals surface area contributed by atoms with Crippen molar-refractivity contribution in [3.63, 3.8) is 0 Å². The fourth-order valence-electron chi connectivity index (χ4n) is 7.09. The Morgan fingerprint density at radius 1 is 0.283 bits per heavy atom. The maximum atomic E-state index is 4.65. The fourth-order valence-corrected chi connectivity index (χ4v) is 7.09. The van der Waals surface area contributed by atoms with E-state index in [1.807, 2.05) is 12.4 Å². The maximum Gasteiger partial charge on any atom is 0.0708 e. The number of pyridine rings is 2. The lowest BCUT2D eigenvalue weighted by atomic mass is 9.83. The second-order valence-corrected chi connectivity index (χ2v) is 11.8. The van der Waals surface area contributed by atoms with Crippen LogP contribution in [-0.4, -0.2) is 9.97 Å². The summed E-state index contributed by atoms with van der Waals surface area (Å²) in [5, 5.41) is 7.24. The molecule has 2 aromatic heterocycles. The first-order chi connectivity index (χ1) is 22.8. The Morgan fingerprint density at radius 2 is 0.696 bits per heavy atom. The van der Waals surface area contributed by atoms with E-state index in [4.69, 9.17) is 0 Å². The Kier molecular flexibility index (Phi) is 6.17. The van der Waals surface area contributed by atoms with Gasteiger partial charge in [-0.1, -0.05) is 121 Å². The van der Waals surface area contributed by atoms with Gasteiger partial charge in [0.2, 0.25) is 0 Å². The molecule has 214 valence electrons. The van der Waals surface area contributed by atoms with Crippen molar-refractivity contribution in [2.24, 2.45) is 0 Å². The summed E-state index contributed by atoms with van der Waals surface area (Å²) in [6.07, 6.45) is 3.84. The van der Waals surface area contributed by atoms with E-state index in [1.165, 1.54) is 66.1 Å². The molecular formula is C44H28N2. The van der Waals surface area contributed by atoms with Gasteiger partial charge < -0.3 is 0 Å². The molecule has 9 rings (SSSR count). The monoisotopic (exact) mass is 584 g/mol. The average Bonchev–Trinajstić information content (AvgIpc) is 3.13. The number of nitrogens with zero attached hydrogens (tertiary/aromatic N) is 2. The lowest BCUT2D eigenvalue weighted by molar-refractivity contribution is 1.41. The van der Waals surface area contributed by atoms with Crippen molar-refractivity contribution < 1.29 is 0 Å². The first-order valence-corrected chi connectivity index (χ1v) is 15.7. The predicted molar refractivity (Wildman–Crippen MR) is 194 cm³/mol. The Bertz CT molecular complexity index is 2420. The van der Waals surface area contributed by atoms with Crippen LogP contribution < -0.4 is 0 Å². The summed E-state index contributed by atoms with van der Waals surface area (Å²) in [4.78, 5) is 9.29. The van der Waals surface area contributed by atoms with Gasteiger partial charge in [0.05, 0.1) is 11.0 Å². The zero-order valence-electron chi connectivity index (χ0n) is 25.1. The van der Waals surface area contributed by atoms with Crippen molar-refractivity contribution in [3.8, 4) is 44.5 Å². The lowest BCUT2D eigenvalue weighted by Crippen LogP contribution is -1.93. The van der Waals surface area contributed by atoms with Crippen LogP contribution in [0.1, 0.15) is 0 Å². The van der Waals surface area contributed by atoms with Crippen LogP contribution in [-0.2, 0) is 0 Å². The molecule has 0 fully saturated rings. The van der Waals surface area contributed by atoms with Crippen LogP contribution in [0.25, 0.3) is 87.9 Å². The van der Waals surface area contributed by atoms with Crippen LogP contribution in [0.15, 0.2) is 170 Å². The molecule has 0 radical (unpaired) electrons. The quantitative estimate of drug-likeness (QED) is 0.192. The van der Waals surface area contributed by atoms with Crippen LogP contribution in [0.4, 0.5) is 0 Å².